The van der Waals surface area contributed by atoms with Crippen LogP contribution < -0.4 is 9.46 Å². The smallest absolute Gasteiger partial charge is 0.420 e. The molecular weight excluding hydrogens is 529 g/mol. The molecule has 3 rings (SSSR count). The number of hydrogen-bond acceptors (Lipinski definition) is 7. The van der Waals surface area contributed by atoms with Gasteiger partial charge in [-0.3, -0.25) is 9.69 Å². The van der Waals surface area contributed by atoms with Crippen LogP contribution in [-0.4, -0.2) is 69.1 Å². The second-order valence-corrected chi connectivity index (χ2v) is 11.3. The van der Waals surface area contributed by atoms with Crippen molar-refractivity contribution in [3.8, 4) is 5.75 Å². The molecule has 1 aliphatic rings. The summed E-state index contributed by atoms with van der Waals surface area (Å²) >= 11 is 12.0. The molecule has 0 aromatic heterocycles. The highest BCUT2D eigenvalue weighted by molar-refractivity contribution is 7.89. The van der Waals surface area contributed by atoms with Gasteiger partial charge in [0.25, 0.3) is 5.91 Å². The zero-order valence-corrected chi connectivity index (χ0v) is 22.6. The molecule has 2 aromatic rings. The van der Waals surface area contributed by atoms with Crippen LogP contribution >= 0.6 is 23.2 Å². The van der Waals surface area contributed by atoms with Gasteiger partial charge in [0.15, 0.2) is 6.61 Å². The van der Waals surface area contributed by atoms with Crippen LogP contribution in [0.5, 0.6) is 5.75 Å². The first kappa shape index (κ1) is 28.0. The SMILES string of the molecule is COC(=O)NS(=O)(=O)Cc1cc(Cl)ccc1OCC(=O)N1C[C@H](C)N(Cc2ccc(Cl)cc2)C[C@H]1C. The Hall–Kier alpha value is -2.53. The van der Waals surface area contributed by atoms with Gasteiger partial charge >= 0.3 is 6.09 Å². The maximum atomic E-state index is 13.0. The molecule has 0 radical (unpaired) electrons. The summed E-state index contributed by atoms with van der Waals surface area (Å²) in [5.74, 6) is -0.606. The minimum Gasteiger partial charge on any atom is -0.483 e. The highest BCUT2D eigenvalue weighted by Crippen LogP contribution is 2.26. The van der Waals surface area contributed by atoms with Crippen molar-refractivity contribution >= 4 is 45.2 Å². The van der Waals surface area contributed by atoms with E-state index in [0.29, 0.717) is 18.1 Å². The molecule has 0 saturated carbocycles. The number of sulfonamides is 1. The van der Waals surface area contributed by atoms with Crippen molar-refractivity contribution in [2.75, 3.05) is 26.8 Å². The van der Waals surface area contributed by atoms with Crippen LogP contribution in [0.15, 0.2) is 42.5 Å². The van der Waals surface area contributed by atoms with Gasteiger partial charge in [0.1, 0.15) is 5.75 Å². The van der Waals surface area contributed by atoms with Crippen LogP contribution in [0, 0.1) is 0 Å². The fourth-order valence-electron chi connectivity index (χ4n) is 4.02. The number of carbonyl (C=O) groups is 2. The fourth-order valence-corrected chi connectivity index (χ4v) is 5.39. The summed E-state index contributed by atoms with van der Waals surface area (Å²) in [5.41, 5.74) is 1.36. The second-order valence-electron chi connectivity index (χ2n) is 8.69. The molecule has 1 saturated heterocycles. The lowest BCUT2D eigenvalue weighted by Gasteiger charge is -2.44. The number of ether oxygens (including phenoxy) is 2. The third-order valence-electron chi connectivity index (χ3n) is 5.88. The molecule has 12 heteroatoms. The molecule has 2 amide bonds. The number of amides is 2. The van der Waals surface area contributed by atoms with E-state index < -0.39 is 21.9 Å². The number of carbonyl (C=O) groups excluding carboxylic acids is 2. The molecule has 0 unspecified atom stereocenters. The summed E-state index contributed by atoms with van der Waals surface area (Å²) in [6.45, 7) is 5.76. The molecule has 2 aromatic carbocycles. The highest BCUT2D eigenvalue weighted by atomic mass is 35.5. The number of nitrogens with zero attached hydrogens (tertiary/aromatic N) is 2. The Morgan fingerprint density at radius 3 is 2.36 bits per heavy atom. The standard InChI is InChI=1S/C24H29Cl2N3O6S/c1-16-12-29(17(2)11-28(16)13-18-4-6-20(25)7-5-18)23(30)14-35-22-9-8-21(26)10-19(22)15-36(32,33)27-24(31)34-3/h4-10,16-17H,11-15H2,1-3H3,(H,27,31)/t16-,17+/m0/s1. The third kappa shape index (κ3) is 7.73. The maximum absolute atomic E-state index is 13.0. The molecule has 1 heterocycles. The molecular formula is C24H29Cl2N3O6S. The summed E-state index contributed by atoms with van der Waals surface area (Å²) < 4.78 is 36.4. The predicted molar refractivity (Wildman–Crippen MR) is 138 cm³/mol. The average molecular weight is 558 g/mol. The van der Waals surface area contributed by atoms with Crippen LogP contribution in [0.4, 0.5) is 4.79 Å². The van der Waals surface area contributed by atoms with E-state index in [0.717, 1.165) is 19.2 Å². The Labute approximate surface area is 221 Å². The van der Waals surface area contributed by atoms with Crippen LogP contribution in [0.1, 0.15) is 25.0 Å². The zero-order valence-electron chi connectivity index (χ0n) is 20.2. The maximum Gasteiger partial charge on any atom is 0.420 e. The first-order valence-corrected chi connectivity index (χ1v) is 13.7. The molecule has 0 bridgehead atoms. The molecule has 2 atom stereocenters. The highest BCUT2D eigenvalue weighted by Gasteiger charge is 2.32. The van der Waals surface area contributed by atoms with Gasteiger partial charge in [-0.25, -0.2) is 17.9 Å². The summed E-state index contributed by atoms with van der Waals surface area (Å²) in [6.07, 6.45) is -1.10. The number of halogens is 2. The van der Waals surface area contributed by atoms with Crippen LogP contribution in [0.25, 0.3) is 0 Å². The van der Waals surface area contributed by atoms with Crippen molar-refractivity contribution in [1.29, 1.82) is 0 Å². The summed E-state index contributed by atoms with van der Waals surface area (Å²) in [5, 5.41) is 0.980. The van der Waals surface area contributed by atoms with Gasteiger partial charge in [-0.05, 0) is 49.7 Å². The van der Waals surface area contributed by atoms with Crippen molar-refractivity contribution in [2.24, 2.45) is 0 Å². The van der Waals surface area contributed by atoms with Gasteiger partial charge in [-0.2, -0.15) is 0 Å². The van der Waals surface area contributed by atoms with Crippen LogP contribution in [-0.2, 0) is 31.9 Å². The lowest BCUT2D eigenvalue weighted by Crippen LogP contribution is -2.58. The Bertz CT molecular complexity index is 1190. The van der Waals surface area contributed by atoms with Crippen molar-refractivity contribution < 1.29 is 27.5 Å². The van der Waals surface area contributed by atoms with Crippen molar-refractivity contribution in [1.82, 2.24) is 14.5 Å². The van der Waals surface area contributed by atoms with Crippen LogP contribution in [0.3, 0.4) is 0 Å². The lowest BCUT2D eigenvalue weighted by molar-refractivity contribution is -0.139. The number of piperazine rings is 1. The largest absolute Gasteiger partial charge is 0.483 e. The number of rotatable bonds is 8. The van der Waals surface area contributed by atoms with E-state index in [4.69, 9.17) is 27.9 Å². The van der Waals surface area contributed by atoms with E-state index in [1.54, 1.807) is 9.62 Å². The zero-order chi connectivity index (χ0) is 26.5. The normalized spacial score (nSPS) is 18.5. The summed E-state index contributed by atoms with van der Waals surface area (Å²) in [7, 11) is -3.01. The van der Waals surface area contributed by atoms with E-state index in [1.165, 1.54) is 18.2 Å². The Morgan fingerprint density at radius 2 is 1.69 bits per heavy atom. The predicted octanol–water partition coefficient (Wildman–Crippen LogP) is 3.68. The first-order valence-electron chi connectivity index (χ1n) is 11.2. The molecule has 0 spiro atoms. The van der Waals surface area contributed by atoms with E-state index in [-0.39, 0.29) is 40.9 Å². The van der Waals surface area contributed by atoms with E-state index >= 15 is 0 Å². The topological polar surface area (TPSA) is 105 Å². The number of hydrogen-bond donors (Lipinski definition) is 1. The molecule has 1 N–H and O–H groups in total. The van der Waals surface area contributed by atoms with Gasteiger partial charge < -0.3 is 14.4 Å². The number of nitrogens with one attached hydrogen (secondary N) is 1. The minimum absolute atomic E-state index is 0.0427. The van der Waals surface area contributed by atoms with Crippen LogP contribution in [0.2, 0.25) is 10.0 Å². The lowest BCUT2D eigenvalue weighted by atomic mass is 10.1. The van der Waals surface area contributed by atoms with Crippen molar-refractivity contribution in [3.63, 3.8) is 0 Å². The molecule has 1 aliphatic heterocycles. The van der Waals surface area contributed by atoms with Gasteiger partial charge in [-0.15, -0.1) is 0 Å². The first-order chi connectivity index (χ1) is 17.0. The quantitative estimate of drug-likeness (QED) is 0.527. The Kier molecular flexibility index (Phi) is 9.46. The van der Waals surface area contributed by atoms with Gasteiger partial charge in [0, 0.05) is 47.3 Å². The molecule has 0 aliphatic carbocycles. The number of methoxy groups -OCH3 is 1. The molecule has 36 heavy (non-hydrogen) atoms. The van der Waals surface area contributed by atoms with Gasteiger partial charge in [0.2, 0.25) is 10.0 Å². The van der Waals surface area contributed by atoms with Crippen molar-refractivity contribution in [3.05, 3.63) is 63.6 Å². The van der Waals surface area contributed by atoms with E-state index in [2.05, 4.69) is 16.6 Å². The van der Waals surface area contributed by atoms with Gasteiger partial charge in [0.05, 0.1) is 12.9 Å². The number of benzene rings is 2. The van der Waals surface area contributed by atoms with Gasteiger partial charge in [-0.1, -0.05) is 35.3 Å². The van der Waals surface area contributed by atoms with E-state index in [1.807, 2.05) is 31.2 Å². The summed E-state index contributed by atoms with van der Waals surface area (Å²) in [4.78, 5) is 28.4. The fraction of sp³-hybridized carbons (Fsp3) is 0.417. The van der Waals surface area contributed by atoms with Crippen molar-refractivity contribution in [2.45, 2.75) is 38.2 Å². The molecule has 1 fully saturated rings. The third-order valence-corrected chi connectivity index (χ3v) is 7.53. The second kappa shape index (κ2) is 12.1. The minimum atomic E-state index is -4.07. The average Bonchev–Trinajstić information content (AvgIpc) is 2.81. The summed E-state index contributed by atoms with van der Waals surface area (Å²) in [6, 6.07) is 12.2. The Morgan fingerprint density at radius 1 is 1.03 bits per heavy atom. The monoisotopic (exact) mass is 557 g/mol. The molecule has 9 nitrogen and oxygen atoms in total. The Balaban J connectivity index is 1.62. The molecule has 196 valence electrons. The van der Waals surface area contributed by atoms with E-state index in [9.17, 15) is 18.0 Å².